The second kappa shape index (κ2) is 8.97. The van der Waals surface area contributed by atoms with Gasteiger partial charge in [0, 0.05) is 5.56 Å². The quantitative estimate of drug-likeness (QED) is 0.624. The van der Waals surface area contributed by atoms with Gasteiger partial charge in [-0.25, -0.2) is 13.6 Å². The first-order chi connectivity index (χ1) is 14.4. The van der Waals surface area contributed by atoms with Gasteiger partial charge in [-0.05, 0) is 36.8 Å². The van der Waals surface area contributed by atoms with Gasteiger partial charge >= 0.3 is 5.97 Å². The average molecular weight is 406 g/mol. The molecule has 3 aromatic rings. The van der Waals surface area contributed by atoms with Gasteiger partial charge in [0.1, 0.15) is 17.3 Å². The standard InChI is InChI=1S/C23H16F2N2O3/c1-14(22(28)27-21-19(24)11-6-12-20(21)25)30-23(29)18-10-5-4-9-17(18)16-8-3-2-7-15(16)13-26/h2-12,14H,1H3,(H,27,28)/t14-/m1/s1. The maximum Gasteiger partial charge on any atom is 0.339 e. The number of carbonyl (C=O) groups excluding carboxylic acids is 2. The van der Waals surface area contributed by atoms with Gasteiger partial charge in [-0.3, -0.25) is 4.79 Å². The summed E-state index contributed by atoms with van der Waals surface area (Å²) in [6.07, 6.45) is -1.32. The van der Waals surface area contributed by atoms with Crippen molar-refractivity contribution in [2.24, 2.45) is 0 Å². The first kappa shape index (κ1) is 20.7. The Labute approximate surface area is 171 Å². The van der Waals surface area contributed by atoms with Crippen LogP contribution in [0.5, 0.6) is 0 Å². The molecule has 0 aliphatic rings. The molecule has 0 saturated heterocycles. The summed E-state index contributed by atoms with van der Waals surface area (Å²) in [5, 5.41) is 11.4. The van der Waals surface area contributed by atoms with E-state index in [1.807, 2.05) is 0 Å². The molecule has 1 amide bonds. The van der Waals surface area contributed by atoms with Crippen LogP contribution in [0.4, 0.5) is 14.5 Å². The highest BCUT2D eigenvalue weighted by Crippen LogP contribution is 2.27. The van der Waals surface area contributed by atoms with E-state index in [0.717, 1.165) is 12.1 Å². The highest BCUT2D eigenvalue weighted by molar-refractivity contribution is 6.01. The fraction of sp³-hybridized carbons (Fsp3) is 0.0870. The molecular formula is C23H16F2N2O3. The molecule has 1 atom stereocenters. The summed E-state index contributed by atoms with van der Waals surface area (Å²) in [4.78, 5) is 25.0. The molecule has 0 aliphatic carbocycles. The number of nitriles is 1. The Bertz CT molecular complexity index is 1130. The van der Waals surface area contributed by atoms with Crippen molar-refractivity contribution in [3.63, 3.8) is 0 Å². The summed E-state index contributed by atoms with van der Waals surface area (Å²) < 4.78 is 32.7. The van der Waals surface area contributed by atoms with Crippen LogP contribution in [0.3, 0.4) is 0 Å². The third-order valence-corrected chi connectivity index (χ3v) is 4.35. The molecule has 3 aromatic carbocycles. The lowest BCUT2D eigenvalue weighted by Gasteiger charge is -2.16. The third kappa shape index (κ3) is 4.33. The van der Waals surface area contributed by atoms with Crippen LogP contribution in [-0.4, -0.2) is 18.0 Å². The number of nitrogens with zero attached hydrogens (tertiary/aromatic N) is 1. The Morgan fingerprint density at radius 3 is 2.20 bits per heavy atom. The highest BCUT2D eigenvalue weighted by Gasteiger charge is 2.23. The molecule has 0 saturated carbocycles. The number of carbonyl (C=O) groups is 2. The number of ether oxygens (including phenoxy) is 1. The molecular weight excluding hydrogens is 390 g/mol. The number of halogens is 2. The van der Waals surface area contributed by atoms with Gasteiger partial charge in [-0.15, -0.1) is 0 Å². The second-order valence-corrected chi connectivity index (χ2v) is 6.34. The van der Waals surface area contributed by atoms with Crippen LogP contribution in [0.25, 0.3) is 11.1 Å². The fourth-order valence-electron chi connectivity index (χ4n) is 2.83. The van der Waals surface area contributed by atoms with Crippen LogP contribution >= 0.6 is 0 Å². The van der Waals surface area contributed by atoms with Gasteiger partial charge in [0.2, 0.25) is 0 Å². The Hall–Kier alpha value is -4.05. The predicted molar refractivity (Wildman–Crippen MR) is 106 cm³/mol. The molecule has 0 fully saturated rings. The largest absolute Gasteiger partial charge is 0.449 e. The van der Waals surface area contributed by atoms with Crippen LogP contribution in [0.15, 0.2) is 66.7 Å². The molecule has 0 spiro atoms. The Kier molecular flexibility index (Phi) is 6.18. The molecule has 150 valence electrons. The monoisotopic (exact) mass is 406 g/mol. The van der Waals surface area contributed by atoms with E-state index in [2.05, 4.69) is 11.4 Å². The SMILES string of the molecule is C[C@@H](OC(=O)c1ccccc1-c1ccccc1C#N)C(=O)Nc1c(F)cccc1F. The summed E-state index contributed by atoms with van der Waals surface area (Å²) in [5.41, 5.74) is 0.912. The summed E-state index contributed by atoms with van der Waals surface area (Å²) in [7, 11) is 0. The van der Waals surface area contributed by atoms with Gasteiger partial charge < -0.3 is 10.1 Å². The number of amides is 1. The van der Waals surface area contributed by atoms with Crippen LogP contribution in [0.1, 0.15) is 22.8 Å². The summed E-state index contributed by atoms with van der Waals surface area (Å²) in [5.74, 6) is -3.59. The lowest BCUT2D eigenvalue weighted by Crippen LogP contribution is -2.30. The van der Waals surface area contributed by atoms with Crippen molar-refractivity contribution >= 4 is 17.6 Å². The molecule has 1 N–H and O–H groups in total. The number of hydrogen-bond donors (Lipinski definition) is 1. The minimum atomic E-state index is -1.32. The molecule has 7 heteroatoms. The van der Waals surface area contributed by atoms with E-state index < -0.39 is 35.3 Å². The van der Waals surface area contributed by atoms with E-state index in [0.29, 0.717) is 16.7 Å². The summed E-state index contributed by atoms with van der Waals surface area (Å²) >= 11 is 0. The van der Waals surface area contributed by atoms with Crippen LogP contribution in [-0.2, 0) is 9.53 Å². The van der Waals surface area contributed by atoms with Gasteiger partial charge in [0.15, 0.2) is 6.10 Å². The third-order valence-electron chi connectivity index (χ3n) is 4.35. The summed E-state index contributed by atoms with van der Waals surface area (Å²) in [6.45, 7) is 1.29. The van der Waals surface area contributed by atoms with E-state index in [1.165, 1.54) is 19.1 Å². The number of nitrogens with one attached hydrogen (secondary N) is 1. The first-order valence-corrected chi connectivity index (χ1v) is 8.96. The molecule has 0 bridgehead atoms. The van der Waals surface area contributed by atoms with Crippen molar-refractivity contribution in [2.45, 2.75) is 13.0 Å². The minimum absolute atomic E-state index is 0.150. The Morgan fingerprint density at radius 2 is 1.53 bits per heavy atom. The zero-order valence-electron chi connectivity index (χ0n) is 15.9. The average Bonchev–Trinajstić information content (AvgIpc) is 2.76. The van der Waals surface area contributed by atoms with Gasteiger partial charge in [0.05, 0.1) is 17.2 Å². The first-order valence-electron chi connectivity index (χ1n) is 8.96. The number of anilines is 1. The lowest BCUT2D eigenvalue weighted by molar-refractivity contribution is -0.123. The number of esters is 1. The maximum absolute atomic E-state index is 13.7. The molecule has 0 heterocycles. The van der Waals surface area contributed by atoms with Crippen LogP contribution < -0.4 is 5.32 Å². The van der Waals surface area contributed by atoms with Crippen LogP contribution in [0.2, 0.25) is 0 Å². The topological polar surface area (TPSA) is 79.2 Å². The highest BCUT2D eigenvalue weighted by atomic mass is 19.1. The van der Waals surface area contributed by atoms with E-state index in [4.69, 9.17) is 4.74 Å². The molecule has 0 aromatic heterocycles. The molecule has 5 nitrogen and oxygen atoms in total. The van der Waals surface area contributed by atoms with Crippen molar-refractivity contribution < 1.29 is 23.1 Å². The van der Waals surface area contributed by atoms with Crippen molar-refractivity contribution in [3.05, 3.63) is 89.5 Å². The number of hydrogen-bond acceptors (Lipinski definition) is 4. The molecule has 30 heavy (non-hydrogen) atoms. The fourth-order valence-corrected chi connectivity index (χ4v) is 2.83. The molecule has 0 radical (unpaired) electrons. The lowest BCUT2D eigenvalue weighted by atomic mass is 9.96. The van der Waals surface area contributed by atoms with E-state index >= 15 is 0 Å². The van der Waals surface area contributed by atoms with Gasteiger partial charge in [0.25, 0.3) is 5.91 Å². The second-order valence-electron chi connectivity index (χ2n) is 6.34. The van der Waals surface area contributed by atoms with Crippen LogP contribution in [0, 0.1) is 23.0 Å². The maximum atomic E-state index is 13.7. The van der Waals surface area contributed by atoms with Crippen molar-refractivity contribution in [2.75, 3.05) is 5.32 Å². The van der Waals surface area contributed by atoms with Gasteiger partial charge in [-0.1, -0.05) is 42.5 Å². The normalized spacial score (nSPS) is 11.3. The number of benzene rings is 3. The van der Waals surface area contributed by atoms with Gasteiger partial charge in [-0.2, -0.15) is 5.26 Å². The summed E-state index contributed by atoms with van der Waals surface area (Å²) in [6, 6.07) is 18.5. The number of rotatable bonds is 5. The molecule has 3 rings (SSSR count). The Balaban J connectivity index is 1.81. The smallest absolute Gasteiger partial charge is 0.339 e. The van der Waals surface area contributed by atoms with E-state index in [1.54, 1.807) is 42.5 Å². The zero-order chi connectivity index (χ0) is 21.7. The van der Waals surface area contributed by atoms with Crippen molar-refractivity contribution in [1.29, 1.82) is 5.26 Å². The predicted octanol–water partition coefficient (Wildman–Crippen LogP) is 4.69. The zero-order valence-corrected chi connectivity index (χ0v) is 15.9. The molecule has 0 aliphatic heterocycles. The minimum Gasteiger partial charge on any atom is -0.449 e. The van der Waals surface area contributed by atoms with Crippen molar-refractivity contribution in [1.82, 2.24) is 0 Å². The van der Waals surface area contributed by atoms with E-state index in [9.17, 15) is 23.6 Å². The number of para-hydroxylation sites is 1. The Morgan fingerprint density at radius 1 is 0.933 bits per heavy atom. The van der Waals surface area contributed by atoms with Crippen molar-refractivity contribution in [3.8, 4) is 17.2 Å². The van der Waals surface area contributed by atoms with E-state index in [-0.39, 0.29) is 5.56 Å². The molecule has 0 unspecified atom stereocenters.